The molecule has 0 amide bonds. The topological polar surface area (TPSA) is 99.3 Å². The van der Waals surface area contributed by atoms with Gasteiger partial charge in [-0.15, -0.1) is 0 Å². The normalized spacial score (nSPS) is 13.6. The standard InChI is InChI=1S/C16H20N2O3/c1-10(9-19)5-6-11-3-2-4-14-15(11)12(8-18-14)7-13(17)16(20)21/h2-5,8,13,18-19H,6-7,9,17H2,1H3,(H,20,21)/b10-5+. The molecule has 0 aliphatic rings. The molecule has 2 rings (SSSR count). The largest absolute Gasteiger partial charge is 0.480 e. The summed E-state index contributed by atoms with van der Waals surface area (Å²) in [6.45, 7) is 1.92. The number of nitrogens with one attached hydrogen (secondary N) is 1. The highest BCUT2D eigenvalue weighted by atomic mass is 16.4. The highest BCUT2D eigenvalue weighted by molar-refractivity contribution is 5.87. The van der Waals surface area contributed by atoms with Gasteiger partial charge in [0.1, 0.15) is 6.04 Å². The van der Waals surface area contributed by atoms with Crippen LogP contribution in [0.4, 0.5) is 0 Å². The number of rotatable bonds is 6. The monoisotopic (exact) mass is 288 g/mol. The van der Waals surface area contributed by atoms with Gasteiger partial charge in [0.05, 0.1) is 6.61 Å². The SMILES string of the molecule is C/C(=C\Cc1cccc2[nH]cc(CC(N)C(=O)O)c12)CO. The molecule has 5 N–H and O–H groups in total. The maximum atomic E-state index is 10.9. The van der Waals surface area contributed by atoms with E-state index in [0.29, 0.717) is 6.42 Å². The van der Waals surface area contributed by atoms with Gasteiger partial charge in [-0.1, -0.05) is 23.8 Å². The molecule has 1 aromatic heterocycles. The number of carboxylic acids is 1. The molecule has 0 spiro atoms. The van der Waals surface area contributed by atoms with Crippen molar-refractivity contribution in [1.82, 2.24) is 4.98 Å². The number of aliphatic hydroxyl groups excluding tert-OH is 1. The zero-order valence-electron chi connectivity index (χ0n) is 12.0. The number of carboxylic acid groups (broad SMARTS) is 1. The second-order valence-corrected chi connectivity index (χ2v) is 5.22. The third-order valence-corrected chi connectivity index (χ3v) is 3.55. The Morgan fingerprint density at radius 3 is 2.86 bits per heavy atom. The Hall–Kier alpha value is -2.11. The summed E-state index contributed by atoms with van der Waals surface area (Å²) in [7, 11) is 0. The summed E-state index contributed by atoms with van der Waals surface area (Å²) in [6.07, 6.45) is 4.77. The number of aliphatic hydroxyl groups is 1. The van der Waals surface area contributed by atoms with E-state index in [-0.39, 0.29) is 13.0 Å². The van der Waals surface area contributed by atoms with Crippen LogP contribution >= 0.6 is 0 Å². The smallest absolute Gasteiger partial charge is 0.320 e. The van der Waals surface area contributed by atoms with Crippen LogP contribution in [0.5, 0.6) is 0 Å². The van der Waals surface area contributed by atoms with Crippen molar-refractivity contribution in [3.8, 4) is 0 Å². The lowest BCUT2D eigenvalue weighted by atomic mass is 9.99. The fourth-order valence-corrected chi connectivity index (χ4v) is 2.34. The van der Waals surface area contributed by atoms with Crippen molar-refractivity contribution >= 4 is 16.9 Å². The van der Waals surface area contributed by atoms with Gasteiger partial charge in [0.15, 0.2) is 0 Å². The number of carbonyl (C=O) groups is 1. The predicted octanol–water partition coefficient (Wildman–Crippen LogP) is 1.60. The molecule has 0 aliphatic carbocycles. The quantitative estimate of drug-likeness (QED) is 0.607. The fraction of sp³-hybridized carbons (Fsp3) is 0.312. The van der Waals surface area contributed by atoms with Crippen LogP contribution < -0.4 is 5.73 Å². The molecule has 21 heavy (non-hydrogen) atoms. The van der Waals surface area contributed by atoms with Crippen LogP contribution in [0, 0.1) is 0 Å². The Morgan fingerprint density at radius 1 is 1.43 bits per heavy atom. The summed E-state index contributed by atoms with van der Waals surface area (Å²) in [6, 6.07) is 5.01. The molecule has 0 saturated carbocycles. The Balaban J connectivity index is 2.37. The van der Waals surface area contributed by atoms with Gasteiger partial charge in [-0.2, -0.15) is 0 Å². The maximum absolute atomic E-state index is 10.9. The first-order chi connectivity index (χ1) is 10.0. The minimum Gasteiger partial charge on any atom is -0.480 e. The van der Waals surface area contributed by atoms with Crippen molar-refractivity contribution in [3.05, 3.63) is 47.2 Å². The molecular weight excluding hydrogens is 268 g/mol. The van der Waals surface area contributed by atoms with Crippen LogP contribution in [0.15, 0.2) is 36.0 Å². The number of H-pyrrole nitrogens is 1. The Kier molecular flexibility index (Phi) is 4.77. The van der Waals surface area contributed by atoms with Gasteiger partial charge < -0.3 is 20.9 Å². The third kappa shape index (κ3) is 3.51. The molecule has 5 nitrogen and oxygen atoms in total. The number of fused-ring (bicyclic) bond motifs is 1. The lowest BCUT2D eigenvalue weighted by molar-refractivity contribution is -0.138. The third-order valence-electron chi connectivity index (χ3n) is 3.55. The van der Waals surface area contributed by atoms with Gasteiger partial charge in [-0.25, -0.2) is 0 Å². The van der Waals surface area contributed by atoms with Crippen molar-refractivity contribution < 1.29 is 15.0 Å². The van der Waals surface area contributed by atoms with Gasteiger partial charge >= 0.3 is 5.97 Å². The van der Waals surface area contributed by atoms with Crippen molar-refractivity contribution in [3.63, 3.8) is 0 Å². The van der Waals surface area contributed by atoms with Gasteiger partial charge in [-0.05, 0) is 30.5 Å². The highest BCUT2D eigenvalue weighted by Crippen LogP contribution is 2.24. The van der Waals surface area contributed by atoms with Gasteiger partial charge in [0.2, 0.25) is 0 Å². The molecule has 1 atom stereocenters. The number of hydrogen-bond acceptors (Lipinski definition) is 3. The molecule has 0 fully saturated rings. The number of aromatic nitrogens is 1. The van der Waals surface area contributed by atoms with E-state index >= 15 is 0 Å². The Bertz CT molecular complexity index is 673. The summed E-state index contributed by atoms with van der Waals surface area (Å²) in [5.41, 5.74) is 9.51. The molecule has 0 bridgehead atoms. The predicted molar refractivity (Wildman–Crippen MR) is 82.2 cm³/mol. The van der Waals surface area contributed by atoms with E-state index in [4.69, 9.17) is 15.9 Å². The molecule has 2 aromatic rings. The zero-order valence-corrected chi connectivity index (χ0v) is 12.0. The molecule has 0 saturated heterocycles. The summed E-state index contributed by atoms with van der Waals surface area (Å²) < 4.78 is 0. The number of allylic oxidation sites excluding steroid dienone is 1. The van der Waals surface area contributed by atoms with Gasteiger partial charge in [-0.3, -0.25) is 4.79 Å². The number of benzene rings is 1. The van der Waals surface area contributed by atoms with Crippen molar-refractivity contribution in [2.24, 2.45) is 5.73 Å². The molecule has 1 heterocycles. The minimum absolute atomic E-state index is 0.0415. The zero-order chi connectivity index (χ0) is 15.4. The van der Waals surface area contributed by atoms with Gasteiger partial charge in [0.25, 0.3) is 0 Å². The summed E-state index contributed by atoms with van der Waals surface area (Å²) in [4.78, 5) is 14.1. The van der Waals surface area contributed by atoms with E-state index in [1.807, 2.05) is 37.4 Å². The van der Waals surface area contributed by atoms with Crippen LogP contribution in [0.3, 0.4) is 0 Å². The van der Waals surface area contributed by atoms with E-state index in [1.165, 1.54) is 0 Å². The van der Waals surface area contributed by atoms with E-state index in [9.17, 15) is 4.79 Å². The molecule has 1 aromatic carbocycles. The average molecular weight is 288 g/mol. The number of nitrogens with two attached hydrogens (primary N) is 1. The summed E-state index contributed by atoms with van der Waals surface area (Å²) >= 11 is 0. The first-order valence-corrected chi connectivity index (χ1v) is 6.85. The molecule has 112 valence electrons. The Labute approximate surface area is 123 Å². The van der Waals surface area contributed by atoms with Crippen molar-refractivity contribution in [2.75, 3.05) is 6.61 Å². The van der Waals surface area contributed by atoms with Crippen LogP contribution in [0.1, 0.15) is 18.1 Å². The minimum atomic E-state index is -1.00. The second-order valence-electron chi connectivity index (χ2n) is 5.22. The van der Waals surface area contributed by atoms with Crippen LogP contribution in [0.2, 0.25) is 0 Å². The lowest BCUT2D eigenvalue weighted by Crippen LogP contribution is -2.32. The van der Waals surface area contributed by atoms with E-state index in [0.717, 1.165) is 27.6 Å². The number of hydrogen-bond donors (Lipinski definition) is 4. The molecular formula is C16H20N2O3. The molecule has 5 heteroatoms. The van der Waals surface area contributed by atoms with Crippen LogP contribution in [-0.4, -0.2) is 33.8 Å². The van der Waals surface area contributed by atoms with Crippen LogP contribution in [0.25, 0.3) is 10.9 Å². The van der Waals surface area contributed by atoms with Crippen molar-refractivity contribution in [1.29, 1.82) is 0 Å². The number of aromatic amines is 1. The highest BCUT2D eigenvalue weighted by Gasteiger charge is 2.16. The Morgan fingerprint density at radius 2 is 2.19 bits per heavy atom. The average Bonchev–Trinajstić information content (AvgIpc) is 2.88. The fourth-order valence-electron chi connectivity index (χ4n) is 2.34. The lowest BCUT2D eigenvalue weighted by Gasteiger charge is -2.08. The first kappa shape index (κ1) is 15.3. The van der Waals surface area contributed by atoms with E-state index in [1.54, 1.807) is 0 Å². The second kappa shape index (κ2) is 6.56. The van der Waals surface area contributed by atoms with E-state index < -0.39 is 12.0 Å². The summed E-state index contributed by atoms with van der Waals surface area (Å²) in [5.74, 6) is -1.00. The molecule has 1 unspecified atom stereocenters. The van der Waals surface area contributed by atoms with E-state index in [2.05, 4.69) is 4.98 Å². The van der Waals surface area contributed by atoms with Gasteiger partial charge in [0, 0.05) is 23.5 Å². The molecule has 0 aliphatic heterocycles. The van der Waals surface area contributed by atoms with Crippen molar-refractivity contribution in [2.45, 2.75) is 25.8 Å². The van der Waals surface area contributed by atoms with Crippen LogP contribution in [-0.2, 0) is 17.6 Å². The maximum Gasteiger partial charge on any atom is 0.320 e. The number of aliphatic carboxylic acids is 1. The first-order valence-electron chi connectivity index (χ1n) is 6.85. The molecule has 0 radical (unpaired) electrons. The summed E-state index contributed by atoms with van der Waals surface area (Å²) in [5, 5.41) is 19.0.